The summed E-state index contributed by atoms with van der Waals surface area (Å²) in [7, 11) is 0. The van der Waals surface area contributed by atoms with Crippen LogP contribution >= 0.6 is 11.8 Å². The van der Waals surface area contributed by atoms with Crippen molar-refractivity contribution in [3.63, 3.8) is 0 Å². The van der Waals surface area contributed by atoms with E-state index in [0.29, 0.717) is 6.42 Å². The van der Waals surface area contributed by atoms with Crippen molar-refractivity contribution >= 4 is 22.7 Å². The summed E-state index contributed by atoms with van der Waals surface area (Å²) in [5.41, 5.74) is 1.51. The Balaban J connectivity index is 1.36. The molecule has 1 saturated heterocycles. The Morgan fingerprint density at radius 1 is 1.15 bits per heavy atom. The molecular formula is C23H34N2O7S. The van der Waals surface area contributed by atoms with Crippen LogP contribution in [0, 0.1) is 0 Å². The molecule has 7 N–H and O–H groups in total. The Kier molecular flexibility index (Phi) is 8.66. The topological polar surface area (TPSA) is 147 Å². The van der Waals surface area contributed by atoms with Gasteiger partial charge in [0.2, 0.25) is 0 Å². The molecule has 9 nitrogen and oxygen atoms in total. The molecule has 1 aromatic carbocycles. The Bertz CT molecular complexity index is 881. The first-order valence-corrected chi connectivity index (χ1v) is 12.5. The molecule has 10 heteroatoms. The van der Waals surface area contributed by atoms with Crippen molar-refractivity contribution in [2.24, 2.45) is 0 Å². The van der Waals surface area contributed by atoms with Gasteiger partial charge in [-0.05, 0) is 37.3 Å². The van der Waals surface area contributed by atoms with Crippen LogP contribution in [0.25, 0.3) is 10.9 Å². The van der Waals surface area contributed by atoms with Crippen LogP contribution in [0.4, 0.5) is 0 Å². The van der Waals surface area contributed by atoms with Crippen molar-refractivity contribution in [3.8, 4) is 0 Å². The summed E-state index contributed by atoms with van der Waals surface area (Å²) in [6.45, 7) is -0.256. The molecule has 0 spiro atoms. The number of ether oxygens (including phenoxy) is 1. The summed E-state index contributed by atoms with van der Waals surface area (Å²) in [4.78, 5) is 7.79. The number of rotatable bonds is 9. The fourth-order valence-electron chi connectivity index (χ4n) is 4.94. The van der Waals surface area contributed by atoms with Crippen LogP contribution in [0.1, 0.15) is 31.2 Å². The first kappa shape index (κ1) is 24.9. The van der Waals surface area contributed by atoms with Crippen LogP contribution < -0.4 is 5.32 Å². The van der Waals surface area contributed by atoms with Crippen molar-refractivity contribution in [1.29, 1.82) is 0 Å². The van der Waals surface area contributed by atoms with Crippen molar-refractivity contribution < 1.29 is 35.3 Å². The fraction of sp³-hybridized carbons (Fsp3) is 0.652. The molecule has 2 fully saturated rings. The lowest BCUT2D eigenvalue weighted by atomic mass is 9.93. The number of thioether (sulfide) groups is 1. The molecule has 1 saturated carbocycles. The van der Waals surface area contributed by atoms with Crippen LogP contribution in [-0.2, 0) is 16.0 Å². The smallest absolute Gasteiger partial charge is 0.132 e. The van der Waals surface area contributed by atoms with Gasteiger partial charge in [-0.15, -0.1) is 11.8 Å². The third-order valence-electron chi connectivity index (χ3n) is 6.69. The second-order valence-electron chi connectivity index (χ2n) is 9.04. The number of hydrogen-bond acceptors (Lipinski definition) is 9. The highest BCUT2D eigenvalue weighted by molar-refractivity contribution is 8.00. The number of aromatic nitrogens is 1. The lowest BCUT2D eigenvalue weighted by Gasteiger charge is -2.42. The summed E-state index contributed by atoms with van der Waals surface area (Å²) >= 11 is 1.45. The Morgan fingerprint density at radius 3 is 2.76 bits per heavy atom. The fourth-order valence-corrected chi connectivity index (χ4v) is 6.50. The number of fused-ring (bicyclic) bond motifs is 1. The number of H-pyrrole nitrogens is 1. The molecule has 2 aromatic rings. The van der Waals surface area contributed by atoms with E-state index in [1.54, 1.807) is 0 Å². The van der Waals surface area contributed by atoms with E-state index in [-0.39, 0.29) is 23.9 Å². The minimum Gasteiger partial charge on any atom is -0.394 e. The van der Waals surface area contributed by atoms with Crippen LogP contribution in [0.5, 0.6) is 0 Å². The average Bonchev–Trinajstić information content (AvgIpc) is 3.22. The number of hydrogen-bond donors (Lipinski definition) is 7. The molecule has 0 amide bonds. The van der Waals surface area contributed by atoms with Crippen LogP contribution in [-0.4, -0.2) is 91.1 Å². The molecule has 2 aliphatic rings. The zero-order valence-electron chi connectivity index (χ0n) is 18.4. The van der Waals surface area contributed by atoms with E-state index in [2.05, 4.69) is 21.3 Å². The van der Waals surface area contributed by atoms with Gasteiger partial charge in [-0.3, -0.25) is 5.26 Å². The molecule has 0 bridgehead atoms. The highest BCUT2D eigenvalue weighted by Gasteiger charge is 2.44. The van der Waals surface area contributed by atoms with Gasteiger partial charge in [-0.25, -0.2) is 4.89 Å². The molecule has 1 aliphatic heterocycles. The number of benzene rings is 1. The maximum atomic E-state index is 10.4. The van der Waals surface area contributed by atoms with E-state index in [0.717, 1.165) is 42.1 Å². The lowest BCUT2D eigenvalue weighted by molar-refractivity contribution is -0.246. The van der Waals surface area contributed by atoms with Gasteiger partial charge in [0.1, 0.15) is 29.9 Å². The quantitative estimate of drug-likeness (QED) is 0.205. The first-order valence-electron chi connectivity index (χ1n) is 11.5. The van der Waals surface area contributed by atoms with Gasteiger partial charge in [-0.2, -0.15) is 0 Å². The summed E-state index contributed by atoms with van der Waals surface area (Å²) in [6, 6.07) is 8.23. The largest absolute Gasteiger partial charge is 0.394 e. The number of aliphatic hydroxyl groups is 4. The molecule has 4 rings (SSSR count). The van der Waals surface area contributed by atoms with Gasteiger partial charge in [0.25, 0.3) is 0 Å². The Hall–Kier alpha value is -1.21. The van der Waals surface area contributed by atoms with Crippen molar-refractivity contribution in [3.05, 3.63) is 36.0 Å². The number of aliphatic hydroxyl groups excluding tert-OH is 4. The number of para-hydroxylation sites is 1. The van der Waals surface area contributed by atoms with Crippen molar-refractivity contribution in [2.75, 3.05) is 13.2 Å². The minimum absolute atomic E-state index is 0.0739. The van der Waals surface area contributed by atoms with Crippen LogP contribution in [0.2, 0.25) is 0 Å². The lowest BCUT2D eigenvalue weighted by Crippen LogP contribution is -2.58. The van der Waals surface area contributed by atoms with Crippen molar-refractivity contribution in [1.82, 2.24) is 10.3 Å². The van der Waals surface area contributed by atoms with Crippen LogP contribution in [0.15, 0.2) is 30.5 Å². The number of aromatic amines is 1. The van der Waals surface area contributed by atoms with Gasteiger partial charge in [0.15, 0.2) is 0 Å². The van der Waals surface area contributed by atoms with Crippen molar-refractivity contribution in [2.45, 2.75) is 79.3 Å². The molecule has 5 unspecified atom stereocenters. The van der Waals surface area contributed by atoms with E-state index in [1.165, 1.54) is 11.8 Å². The zero-order chi connectivity index (χ0) is 23.4. The maximum absolute atomic E-state index is 10.4. The average molecular weight is 483 g/mol. The molecule has 33 heavy (non-hydrogen) atoms. The monoisotopic (exact) mass is 482 g/mol. The normalized spacial score (nSPS) is 33.9. The van der Waals surface area contributed by atoms with Gasteiger partial charge in [-0.1, -0.05) is 24.6 Å². The molecule has 184 valence electrons. The highest BCUT2D eigenvalue weighted by atomic mass is 32.2. The van der Waals surface area contributed by atoms with E-state index in [9.17, 15) is 20.4 Å². The summed E-state index contributed by atoms with van der Waals surface area (Å²) in [5.74, 6) is 0. The molecule has 1 aromatic heterocycles. The minimum atomic E-state index is -1.35. The molecule has 8 atom stereocenters. The Labute approximate surface area is 197 Å². The van der Waals surface area contributed by atoms with Crippen LogP contribution in [0.3, 0.4) is 0 Å². The molecular weight excluding hydrogens is 448 g/mol. The van der Waals surface area contributed by atoms with E-state index < -0.39 is 36.5 Å². The first-order chi connectivity index (χ1) is 16.0. The molecule has 0 radical (unpaired) electrons. The standard InChI is InChI=1S/C23H34N2O7S/c26-11-19-20(27)21(28)22(29)23(32-19)33-16-5-3-4-14(9-16)25-15(12-31-30)8-13-10-24-18-7-2-1-6-17(13)18/h1-2,6-7,10,14-16,19-30H,3-5,8-9,11-12H2/t14?,15-,16?,19?,20-,21?,22?,23-/m0/s1. The summed E-state index contributed by atoms with van der Waals surface area (Å²) in [5, 5.41) is 54.0. The third kappa shape index (κ3) is 5.90. The van der Waals surface area contributed by atoms with Gasteiger partial charge < -0.3 is 35.5 Å². The maximum Gasteiger partial charge on any atom is 0.132 e. The second-order valence-corrected chi connectivity index (χ2v) is 10.4. The summed E-state index contributed by atoms with van der Waals surface area (Å²) in [6.07, 6.45) is 1.64. The van der Waals surface area contributed by atoms with E-state index in [1.807, 2.05) is 24.4 Å². The second kappa shape index (κ2) is 11.5. The highest BCUT2D eigenvalue weighted by Crippen LogP contribution is 2.37. The van der Waals surface area contributed by atoms with Gasteiger partial charge >= 0.3 is 0 Å². The summed E-state index contributed by atoms with van der Waals surface area (Å²) < 4.78 is 5.68. The van der Waals surface area contributed by atoms with E-state index in [4.69, 9.17) is 9.99 Å². The molecule has 2 heterocycles. The van der Waals surface area contributed by atoms with Gasteiger partial charge in [0.05, 0.1) is 13.2 Å². The molecule has 1 aliphatic carbocycles. The number of nitrogens with one attached hydrogen (secondary N) is 2. The predicted octanol–water partition coefficient (Wildman–Crippen LogP) is 1.00. The van der Waals surface area contributed by atoms with E-state index >= 15 is 0 Å². The third-order valence-corrected chi connectivity index (χ3v) is 8.16. The Morgan fingerprint density at radius 2 is 1.97 bits per heavy atom. The van der Waals surface area contributed by atoms with Gasteiger partial charge in [0, 0.05) is 34.4 Å². The zero-order valence-corrected chi connectivity index (χ0v) is 19.2. The SMILES string of the molecule is OCC1O[C@@H](SC2CCCC(N[C@H](COO)Cc3c[nH]c4ccccc34)C2)C(O)C(O)[C@H]1O. The predicted molar refractivity (Wildman–Crippen MR) is 125 cm³/mol.